The van der Waals surface area contributed by atoms with Crippen LogP contribution in [0, 0.1) is 5.92 Å². The van der Waals surface area contributed by atoms with Crippen molar-refractivity contribution in [2.24, 2.45) is 13.0 Å². The number of rotatable bonds is 9. The highest BCUT2D eigenvalue weighted by Crippen LogP contribution is 2.55. The van der Waals surface area contributed by atoms with Crippen molar-refractivity contribution >= 4 is 5.97 Å². The maximum atomic E-state index is 13.0. The summed E-state index contributed by atoms with van der Waals surface area (Å²) in [6.07, 6.45) is 6.83. The first-order valence-electron chi connectivity index (χ1n) is 16.1. The van der Waals surface area contributed by atoms with Crippen molar-refractivity contribution in [3.8, 4) is 16.8 Å². The third kappa shape index (κ3) is 6.07. The Labute approximate surface area is 264 Å². The largest absolute Gasteiger partial charge is 0.462 e. The van der Waals surface area contributed by atoms with Crippen LogP contribution in [-0.2, 0) is 31.3 Å². The second-order valence-electron chi connectivity index (χ2n) is 12.5. The van der Waals surface area contributed by atoms with Crippen LogP contribution in [0.25, 0.3) is 16.8 Å². The lowest BCUT2D eigenvalue weighted by Gasteiger charge is -2.24. The average molecular weight is 601 g/mol. The molecule has 1 fully saturated rings. The Morgan fingerprint density at radius 1 is 0.956 bits per heavy atom. The van der Waals surface area contributed by atoms with Crippen molar-refractivity contribution in [3.63, 3.8) is 0 Å². The molecule has 3 atom stereocenters. The van der Waals surface area contributed by atoms with E-state index in [1.807, 2.05) is 24.9 Å². The van der Waals surface area contributed by atoms with E-state index in [4.69, 9.17) is 9.84 Å². The number of hydrogen-bond acceptors (Lipinski definition) is 6. The molecule has 45 heavy (non-hydrogen) atoms. The minimum absolute atomic E-state index is 0.112. The molecule has 0 bridgehead atoms. The first-order valence-corrected chi connectivity index (χ1v) is 16.1. The fourth-order valence-corrected chi connectivity index (χ4v) is 6.92. The highest BCUT2D eigenvalue weighted by atomic mass is 16.5. The molecule has 3 heterocycles. The highest BCUT2D eigenvalue weighted by molar-refractivity contribution is 5.91. The van der Waals surface area contributed by atoms with Crippen molar-refractivity contribution in [3.05, 3.63) is 119 Å². The van der Waals surface area contributed by atoms with Gasteiger partial charge in [0.05, 0.1) is 29.9 Å². The van der Waals surface area contributed by atoms with Gasteiger partial charge in [0.25, 0.3) is 0 Å². The Kier molecular flexibility index (Phi) is 8.06. The zero-order chi connectivity index (χ0) is 30.9. The summed E-state index contributed by atoms with van der Waals surface area (Å²) in [5.74, 6) is 0.631. The van der Waals surface area contributed by atoms with Crippen molar-refractivity contribution in [2.75, 3.05) is 13.2 Å². The summed E-state index contributed by atoms with van der Waals surface area (Å²) >= 11 is 0. The molecule has 1 unspecified atom stereocenters. The minimum Gasteiger partial charge on any atom is -0.462 e. The third-order valence-electron chi connectivity index (χ3n) is 9.32. The Balaban J connectivity index is 1.17. The van der Waals surface area contributed by atoms with Crippen LogP contribution >= 0.6 is 0 Å². The van der Waals surface area contributed by atoms with Gasteiger partial charge >= 0.3 is 5.97 Å². The molecule has 1 aliphatic heterocycles. The molecule has 5 aromatic rings. The van der Waals surface area contributed by atoms with Crippen LogP contribution in [0.15, 0.2) is 85.2 Å². The van der Waals surface area contributed by atoms with Crippen molar-refractivity contribution < 1.29 is 9.53 Å². The zero-order valence-electron chi connectivity index (χ0n) is 26.3. The number of carbonyl (C=O) groups excluding carboxylic acids is 1. The third-order valence-corrected chi connectivity index (χ3v) is 9.32. The highest BCUT2D eigenvalue weighted by Gasteiger charge is 2.46. The number of aromatic nitrogens is 5. The first-order chi connectivity index (χ1) is 22.0. The van der Waals surface area contributed by atoms with E-state index in [1.165, 1.54) is 28.7 Å². The summed E-state index contributed by atoms with van der Waals surface area (Å²) in [7, 11) is 1.87. The molecule has 0 radical (unpaired) electrons. The number of fused-ring (bicyclic) bond motifs is 1. The van der Waals surface area contributed by atoms with Gasteiger partial charge in [0.1, 0.15) is 5.56 Å². The van der Waals surface area contributed by atoms with E-state index in [0.717, 1.165) is 55.1 Å². The summed E-state index contributed by atoms with van der Waals surface area (Å²) < 4.78 is 9.06. The van der Waals surface area contributed by atoms with E-state index in [0.29, 0.717) is 18.1 Å². The van der Waals surface area contributed by atoms with Gasteiger partial charge in [-0.3, -0.25) is 9.58 Å². The second kappa shape index (κ2) is 12.4. The molecule has 1 aliphatic carbocycles. The SMILES string of the molecule is CCOC(=O)c1cnn(-c2cccc(-c3cccc(CN4Cc5ccccc5CC(CC)C4)c3)c2)c1[C@@H]1C[C@H]1c1cn(C)nn1. The second-order valence-corrected chi connectivity index (χ2v) is 12.5. The standard InChI is InChI=1S/C37H40N6O2/c1-4-25-16-28-11-6-7-12-30(28)23-42(21-25)22-26-10-8-13-27(17-26)29-14-9-15-31(18-29)43-36(34(20-38-43)37(44)45-5-2)33-19-32(33)35-24-41(3)40-39-35/h6-15,17-18,20,24-25,32-33H,4-5,16,19,21-23H2,1-3H3/t25?,32-,33-/m1/s1. The molecule has 2 aromatic heterocycles. The van der Waals surface area contributed by atoms with E-state index in [-0.39, 0.29) is 17.8 Å². The fraction of sp³-hybridized carbons (Fsp3) is 0.351. The molecular formula is C37H40N6O2. The number of ether oxygens (including phenoxy) is 1. The van der Waals surface area contributed by atoms with Gasteiger partial charge in [0.2, 0.25) is 0 Å². The van der Waals surface area contributed by atoms with Gasteiger partial charge in [-0.1, -0.05) is 73.2 Å². The Hall–Kier alpha value is -4.56. The van der Waals surface area contributed by atoms with Crippen LogP contribution in [0.3, 0.4) is 0 Å². The summed E-state index contributed by atoms with van der Waals surface area (Å²) in [6, 6.07) is 26.2. The number of hydrogen-bond donors (Lipinski definition) is 0. The number of carbonyl (C=O) groups is 1. The normalized spacial score (nSPS) is 19.6. The Morgan fingerprint density at radius 3 is 2.53 bits per heavy atom. The van der Waals surface area contributed by atoms with Crippen LogP contribution in [-0.4, -0.2) is 48.8 Å². The van der Waals surface area contributed by atoms with Gasteiger partial charge < -0.3 is 4.74 Å². The first kappa shape index (κ1) is 29.2. The van der Waals surface area contributed by atoms with Crippen molar-refractivity contribution in [2.45, 2.75) is 58.0 Å². The zero-order valence-corrected chi connectivity index (χ0v) is 26.3. The topological polar surface area (TPSA) is 78.1 Å². The van der Waals surface area contributed by atoms with Crippen molar-refractivity contribution in [1.82, 2.24) is 29.7 Å². The molecule has 1 saturated carbocycles. The molecule has 8 nitrogen and oxygen atoms in total. The summed E-state index contributed by atoms with van der Waals surface area (Å²) in [6.45, 7) is 7.45. The Morgan fingerprint density at radius 2 is 1.76 bits per heavy atom. The van der Waals surface area contributed by atoms with E-state index in [1.54, 1.807) is 10.9 Å². The van der Waals surface area contributed by atoms with Crippen LogP contribution < -0.4 is 0 Å². The fourth-order valence-electron chi connectivity index (χ4n) is 6.92. The van der Waals surface area contributed by atoms with Gasteiger partial charge in [0, 0.05) is 44.7 Å². The number of nitrogens with zero attached hydrogens (tertiary/aromatic N) is 6. The van der Waals surface area contributed by atoms with Crippen LogP contribution in [0.5, 0.6) is 0 Å². The number of aryl methyl sites for hydroxylation is 1. The predicted octanol–water partition coefficient (Wildman–Crippen LogP) is 6.70. The smallest absolute Gasteiger partial charge is 0.341 e. The molecule has 230 valence electrons. The van der Waals surface area contributed by atoms with E-state index < -0.39 is 0 Å². The van der Waals surface area contributed by atoms with Gasteiger partial charge in [0.15, 0.2) is 0 Å². The van der Waals surface area contributed by atoms with Crippen molar-refractivity contribution in [1.29, 1.82) is 0 Å². The lowest BCUT2D eigenvalue weighted by atomic mass is 9.95. The molecule has 8 heteroatoms. The molecule has 0 saturated heterocycles. The quantitative estimate of drug-likeness (QED) is 0.175. The monoisotopic (exact) mass is 600 g/mol. The molecule has 3 aromatic carbocycles. The summed E-state index contributed by atoms with van der Waals surface area (Å²) in [5, 5.41) is 13.2. The van der Waals surface area contributed by atoms with Crippen LogP contribution in [0.2, 0.25) is 0 Å². The predicted molar refractivity (Wildman–Crippen MR) is 174 cm³/mol. The molecule has 0 spiro atoms. The van der Waals surface area contributed by atoms with Crippen LogP contribution in [0.4, 0.5) is 0 Å². The molecular weight excluding hydrogens is 560 g/mol. The van der Waals surface area contributed by atoms with Gasteiger partial charge in [-0.05, 0) is 71.7 Å². The lowest BCUT2D eigenvalue weighted by Crippen LogP contribution is -2.27. The van der Waals surface area contributed by atoms with Crippen LogP contribution in [0.1, 0.15) is 77.0 Å². The lowest BCUT2D eigenvalue weighted by molar-refractivity contribution is 0.0525. The maximum absolute atomic E-state index is 13.0. The Bertz CT molecular complexity index is 1820. The van der Waals surface area contributed by atoms with E-state index in [2.05, 4.69) is 94.9 Å². The number of esters is 1. The van der Waals surface area contributed by atoms with E-state index in [9.17, 15) is 4.79 Å². The maximum Gasteiger partial charge on any atom is 0.341 e. The average Bonchev–Trinajstić information content (AvgIpc) is 3.58. The molecule has 0 N–H and O–H groups in total. The summed E-state index contributed by atoms with van der Waals surface area (Å²) in [5.41, 5.74) is 9.79. The van der Waals surface area contributed by atoms with Gasteiger partial charge in [-0.2, -0.15) is 5.10 Å². The molecule has 2 aliphatic rings. The van der Waals surface area contributed by atoms with Gasteiger partial charge in [-0.25, -0.2) is 9.48 Å². The van der Waals surface area contributed by atoms with E-state index >= 15 is 0 Å². The van der Waals surface area contributed by atoms with Gasteiger partial charge in [-0.15, -0.1) is 5.10 Å². The summed E-state index contributed by atoms with van der Waals surface area (Å²) in [4.78, 5) is 15.6. The molecule has 7 rings (SSSR count). The minimum atomic E-state index is -0.339. The molecule has 0 amide bonds. The number of benzene rings is 3.